The highest BCUT2D eigenvalue weighted by Gasteiger charge is 2.27. The molecular formula is C17H17ClN2O2. The summed E-state index contributed by atoms with van der Waals surface area (Å²) < 4.78 is 5.79. The average Bonchev–Trinajstić information content (AvgIpc) is 2.47. The molecule has 2 aromatic rings. The van der Waals surface area contributed by atoms with Crippen molar-refractivity contribution in [1.82, 2.24) is 0 Å². The molecule has 0 aromatic heterocycles. The molecule has 2 amide bonds. The normalized spacial score (nSPS) is 16.7. The van der Waals surface area contributed by atoms with Gasteiger partial charge in [-0.2, -0.15) is 0 Å². The van der Waals surface area contributed by atoms with Crippen molar-refractivity contribution in [1.29, 1.82) is 0 Å². The molecule has 0 saturated heterocycles. The summed E-state index contributed by atoms with van der Waals surface area (Å²) in [6, 6.07) is 12.8. The molecule has 0 fully saturated rings. The minimum atomic E-state index is -0.190. The zero-order valence-electron chi connectivity index (χ0n) is 12.5. The fraction of sp³-hybridized carbons (Fsp3) is 0.235. The van der Waals surface area contributed by atoms with Crippen molar-refractivity contribution < 1.29 is 9.53 Å². The molecule has 114 valence electrons. The van der Waals surface area contributed by atoms with Crippen LogP contribution in [-0.2, 0) is 0 Å². The summed E-state index contributed by atoms with van der Waals surface area (Å²) in [4.78, 5) is 14.3. The zero-order chi connectivity index (χ0) is 15.7. The standard InChI is InChI=1S/C17H17ClN2O2/c1-11-6-7-16-15(8-11)20(10-12(2)22-16)17(21)19-14-5-3-4-13(18)9-14/h3-9,12H,10H2,1-2H3,(H,19,21)/t12-/m0/s1. The molecule has 2 aromatic carbocycles. The largest absolute Gasteiger partial charge is 0.487 e. The molecule has 0 aliphatic carbocycles. The molecule has 1 aliphatic heterocycles. The number of aryl methyl sites for hydroxylation is 1. The van der Waals surface area contributed by atoms with Crippen LogP contribution in [0.15, 0.2) is 42.5 Å². The monoisotopic (exact) mass is 316 g/mol. The molecule has 5 heteroatoms. The number of benzene rings is 2. The highest BCUT2D eigenvalue weighted by Crippen LogP contribution is 2.34. The fourth-order valence-electron chi connectivity index (χ4n) is 2.50. The van der Waals surface area contributed by atoms with Crippen molar-refractivity contribution in [2.45, 2.75) is 20.0 Å². The zero-order valence-corrected chi connectivity index (χ0v) is 13.2. The molecule has 1 aliphatic rings. The van der Waals surface area contributed by atoms with Gasteiger partial charge in [-0.3, -0.25) is 4.90 Å². The number of anilines is 2. The third-order valence-corrected chi connectivity index (χ3v) is 3.73. The Balaban J connectivity index is 1.88. The van der Waals surface area contributed by atoms with Gasteiger partial charge >= 0.3 is 6.03 Å². The Bertz CT molecular complexity index is 718. The van der Waals surface area contributed by atoms with Gasteiger partial charge in [-0.25, -0.2) is 4.79 Å². The van der Waals surface area contributed by atoms with E-state index in [2.05, 4.69) is 5.32 Å². The number of rotatable bonds is 1. The van der Waals surface area contributed by atoms with Crippen LogP contribution >= 0.6 is 11.6 Å². The Morgan fingerprint density at radius 3 is 2.91 bits per heavy atom. The van der Waals surface area contributed by atoms with Crippen LogP contribution in [0.1, 0.15) is 12.5 Å². The first-order valence-electron chi connectivity index (χ1n) is 7.14. The number of ether oxygens (including phenoxy) is 1. The van der Waals surface area contributed by atoms with Crippen molar-refractivity contribution in [3.05, 3.63) is 53.1 Å². The number of hydrogen-bond acceptors (Lipinski definition) is 2. The van der Waals surface area contributed by atoms with Crippen molar-refractivity contribution in [3.8, 4) is 5.75 Å². The summed E-state index contributed by atoms with van der Waals surface area (Å²) in [5.74, 6) is 0.727. The third kappa shape index (κ3) is 3.02. The molecule has 0 unspecified atom stereocenters. The fourth-order valence-corrected chi connectivity index (χ4v) is 2.69. The van der Waals surface area contributed by atoms with E-state index in [1.54, 1.807) is 23.1 Å². The number of fused-ring (bicyclic) bond motifs is 1. The van der Waals surface area contributed by atoms with Crippen molar-refractivity contribution in [3.63, 3.8) is 0 Å². The second-order valence-electron chi connectivity index (χ2n) is 5.45. The van der Waals surface area contributed by atoms with Crippen LogP contribution in [0.4, 0.5) is 16.2 Å². The molecule has 0 saturated carbocycles. The van der Waals surface area contributed by atoms with E-state index < -0.39 is 0 Å². The average molecular weight is 317 g/mol. The third-order valence-electron chi connectivity index (χ3n) is 3.49. The maximum absolute atomic E-state index is 12.6. The quantitative estimate of drug-likeness (QED) is 0.843. The van der Waals surface area contributed by atoms with Crippen LogP contribution in [0.2, 0.25) is 5.02 Å². The van der Waals surface area contributed by atoms with Crippen molar-refractivity contribution in [2.75, 3.05) is 16.8 Å². The minimum absolute atomic E-state index is 0.0553. The molecular weight excluding hydrogens is 300 g/mol. The lowest BCUT2D eigenvalue weighted by Gasteiger charge is -2.33. The van der Waals surface area contributed by atoms with E-state index in [4.69, 9.17) is 16.3 Å². The number of urea groups is 1. The SMILES string of the molecule is Cc1ccc2c(c1)N(C(=O)Nc1cccc(Cl)c1)C[C@H](C)O2. The maximum atomic E-state index is 12.6. The maximum Gasteiger partial charge on any atom is 0.326 e. The van der Waals surface area contributed by atoms with Crippen LogP contribution in [-0.4, -0.2) is 18.7 Å². The summed E-state index contributed by atoms with van der Waals surface area (Å²) >= 11 is 5.95. The highest BCUT2D eigenvalue weighted by atomic mass is 35.5. The number of nitrogens with one attached hydrogen (secondary N) is 1. The first kappa shape index (κ1) is 14.7. The number of halogens is 1. The van der Waals surface area contributed by atoms with Crippen LogP contribution < -0.4 is 15.0 Å². The molecule has 1 N–H and O–H groups in total. The van der Waals surface area contributed by atoms with E-state index in [1.165, 1.54) is 0 Å². The number of nitrogens with zero attached hydrogens (tertiary/aromatic N) is 1. The predicted molar refractivity (Wildman–Crippen MR) is 89.1 cm³/mol. The summed E-state index contributed by atoms with van der Waals surface area (Å²) in [7, 11) is 0. The molecule has 22 heavy (non-hydrogen) atoms. The number of carbonyl (C=O) groups excluding carboxylic acids is 1. The molecule has 0 bridgehead atoms. The summed E-state index contributed by atoms with van der Waals surface area (Å²) in [6.07, 6.45) is -0.0553. The molecule has 0 radical (unpaired) electrons. The van der Waals surface area contributed by atoms with Crippen molar-refractivity contribution >= 4 is 29.0 Å². The smallest absolute Gasteiger partial charge is 0.326 e. The van der Waals surface area contributed by atoms with Gasteiger partial charge in [0.25, 0.3) is 0 Å². The second-order valence-corrected chi connectivity index (χ2v) is 5.89. The highest BCUT2D eigenvalue weighted by molar-refractivity contribution is 6.30. The molecule has 1 heterocycles. The van der Waals surface area contributed by atoms with Gasteiger partial charge in [-0.15, -0.1) is 0 Å². The van der Waals surface area contributed by atoms with E-state index in [0.717, 1.165) is 17.0 Å². The van der Waals surface area contributed by atoms with E-state index in [0.29, 0.717) is 17.3 Å². The van der Waals surface area contributed by atoms with Gasteiger partial charge in [0.15, 0.2) is 0 Å². The van der Waals surface area contributed by atoms with Crippen LogP contribution in [0.3, 0.4) is 0 Å². The summed E-state index contributed by atoms with van der Waals surface area (Å²) in [6.45, 7) is 4.44. The van der Waals surface area contributed by atoms with Crippen LogP contribution in [0, 0.1) is 6.92 Å². The summed E-state index contributed by atoms with van der Waals surface area (Å²) in [5, 5.41) is 3.47. The Labute approximate surface area is 134 Å². The number of carbonyl (C=O) groups is 1. The van der Waals surface area contributed by atoms with Crippen LogP contribution in [0.5, 0.6) is 5.75 Å². The number of hydrogen-bond donors (Lipinski definition) is 1. The Morgan fingerprint density at radius 1 is 1.32 bits per heavy atom. The van der Waals surface area contributed by atoms with Crippen LogP contribution in [0.25, 0.3) is 0 Å². The minimum Gasteiger partial charge on any atom is -0.487 e. The van der Waals surface area contributed by atoms with Gasteiger partial charge in [0.1, 0.15) is 11.9 Å². The topological polar surface area (TPSA) is 41.6 Å². The van der Waals surface area contributed by atoms with E-state index >= 15 is 0 Å². The van der Waals surface area contributed by atoms with Gasteiger partial charge in [0.2, 0.25) is 0 Å². The van der Waals surface area contributed by atoms with Gasteiger partial charge in [0.05, 0.1) is 12.2 Å². The number of amides is 2. The lowest BCUT2D eigenvalue weighted by molar-refractivity contribution is 0.208. The molecule has 4 nitrogen and oxygen atoms in total. The molecule has 1 atom stereocenters. The second kappa shape index (κ2) is 5.89. The Morgan fingerprint density at radius 2 is 2.14 bits per heavy atom. The van der Waals surface area contributed by atoms with E-state index in [-0.39, 0.29) is 12.1 Å². The van der Waals surface area contributed by atoms with Gasteiger partial charge in [-0.1, -0.05) is 23.7 Å². The van der Waals surface area contributed by atoms with Gasteiger partial charge in [-0.05, 0) is 49.7 Å². The molecule has 3 rings (SSSR count). The predicted octanol–water partition coefficient (Wildman–Crippen LogP) is 4.47. The Hall–Kier alpha value is -2.20. The summed E-state index contributed by atoms with van der Waals surface area (Å²) in [5.41, 5.74) is 2.54. The lowest BCUT2D eigenvalue weighted by Crippen LogP contribution is -2.44. The molecule has 0 spiro atoms. The first-order chi connectivity index (χ1) is 10.5. The first-order valence-corrected chi connectivity index (χ1v) is 7.52. The van der Waals surface area contributed by atoms with E-state index in [9.17, 15) is 4.79 Å². The lowest BCUT2D eigenvalue weighted by atomic mass is 10.1. The van der Waals surface area contributed by atoms with Gasteiger partial charge in [0, 0.05) is 10.7 Å². The van der Waals surface area contributed by atoms with Gasteiger partial charge < -0.3 is 10.1 Å². The Kier molecular flexibility index (Phi) is 3.94. The van der Waals surface area contributed by atoms with E-state index in [1.807, 2.05) is 38.1 Å². The van der Waals surface area contributed by atoms with Crippen molar-refractivity contribution in [2.24, 2.45) is 0 Å².